The highest BCUT2D eigenvalue weighted by Gasteiger charge is 2.36. The third-order valence-electron chi connectivity index (χ3n) is 4.37. The molecule has 7 nitrogen and oxygen atoms in total. The van der Waals surface area contributed by atoms with Crippen LogP contribution in [-0.2, 0) is 18.1 Å². The average molecular weight is 394 g/mol. The standard InChI is InChI=1S/C18H21F3N6O/c1-6-26-10(2)12(9-22-26)23-16(28)11-7-15-24-13(17(3,4)5)8-14(18(19,20)21)27(15)25-11/h7-9H,6H2,1-5H3,(H,23,28). The maximum atomic E-state index is 13.5. The first-order valence-corrected chi connectivity index (χ1v) is 8.74. The molecule has 3 aromatic rings. The molecule has 0 aliphatic rings. The SMILES string of the molecule is CCn1ncc(NC(=O)c2cc3nc(C(C)(C)C)cc(C(F)(F)F)n3n2)c1C. The zero-order valence-corrected chi connectivity index (χ0v) is 16.2. The molecule has 28 heavy (non-hydrogen) atoms. The molecule has 3 heterocycles. The van der Waals surface area contributed by atoms with Crippen LogP contribution in [0.15, 0.2) is 18.3 Å². The second-order valence-electron chi connectivity index (χ2n) is 7.49. The second kappa shape index (κ2) is 6.61. The fourth-order valence-electron chi connectivity index (χ4n) is 2.75. The summed E-state index contributed by atoms with van der Waals surface area (Å²) in [4.78, 5) is 16.8. The van der Waals surface area contributed by atoms with E-state index in [9.17, 15) is 18.0 Å². The quantitative estimate of drug-likeness (QED) is 0.733. The van der Waals surface area contributed by atoms with Gasteiger partial charge in [-0.15, -0.1) is 0 Å². The molecular weight excluding hydrogens is 373 g/mol. The number of anilines is 1. The van der Waals surface area contributed by atoms with E-state index in [0.717, 1.165) is 11.8 Å². The summed E-state index contributed by atoms with van der Waals surface area (Å²) in [7, 11) is 0. The number of nitrogens with zero attached hydrogens (tertiary/aromatic N) is 5. The number of hydrogen-bond acceptors (Lipinski definition) is 4. The Labute approximate surface area is 159 Å². The van der Waals surface area contributed by atoms with Crippen molar-refractivity contribution in [1.29, 1.82) is 0 Å². The van der Waals surface area contributed by atoms with Crippen molar-refractivity contribution >= 4 is 17.2 Å². The minimum absolute atomic E-state index is 0.0362. The topological polar surface area (TPSA) is 77.1 Å². The van der Waals surface area contributed by atoms with E-state index < -0.39 is 23.2 Å². The zero-order valence-electron chi connectivity index (χ0n) is 16.2. The molecule has 0 bridgehead atoms. The molecule has 10 heteroatoms. The maximum Gasteiger partial charge on any atom is 0.433 e. The third-order valence-corrected chi connectivity index (χ3v) is 4.37. The number of aryl methyl sites for hydroxylation is 1. The lowest BCUT2D eigenvalue weighted by molar-refractivity contribution is -0.142. The first-order chi connectivity index (χ1) is 12.9. The fraction of sp³-hybridized carbons (Fsp3) is 0.444. The summed E-state index contributed by atoms with van der Waals surface area (Å²) in [6, 6.07) is 2.22. The first-order valence-electron chi connectivity index (χ1n) is 8.74. The van der Waals surface area contributed by atoms with Crippen molar-refractivity contribution in [3.05, 3.63) is 41.1 Å². The number of nitrogens with one attached hydrogen (secondary N) is 1. The molecule has 0 aliphatic carbocycles. The van der Waals surface area contributed by atoms with Gasteiger partial charge in [0.25, 0.3) is 5.91 Å². The number of rotatable bonds is 3. The zero-order chi connectivity index (χ0) is 20.9. The van der Waals surface area contributed by atoms with E-state index in [1.54, 1.807) is 32.4 Å². The molecule has 1 amide bonds. The molecule has 3 aromatic heterocycles. The second-order valence-corrected chi connectivity index (χ2v) is 7.49. The normalized spacial score (nSPS) is 12.6. The summed E-state index contributed by atoms with van der Waals surface area (Å²) < 4.78 is 43.0. The Balaban J connectivity index is 2.05. The van der Waals surface area contributed by atoms with Gasteiger partial charge in [0.15, 0.2) is 11.3 Å². The lowest BCUT2D eigenvalue weighted by Gasteiger charge is -2.19. The molecule has 0 aliphatic heterocycles. The van der Waals surface area contributed by atoms with Crippen molar-refractivity contribution < 1.29 is 18.0 Å². The van der Waals surface area contributed by atoms with E-state index in [4.69, 9.17) is 0 Å². The summed E-state index contributed by atoms with van der Waals surface area (Å²) in [6.45, 7) is 9.63. The van der Waals surface area contributed by atoms with E-state index in [1.807, 2.05) is 6.92 Å². The Hall–Kier alpha value is -2.91. The predicted molar refractivity (Wildman–Crippen MR) is 97.3 cm³/mol. The van der Waals surface area contributed by atoms with Gasteiger partial charge >= 0.3 is 6.18 Å². The van der Waals surface area contributed by atoms with E-state index >= 15 is 0 Å². The Bertz CT molecular complexity index is 1040. The van der Waals surface area contributed by atoms with Gasteiger partial charge in [-0.3, -0.25) is 9.48 Å². The van der Waals surface area contributed by atoms with Crippen molar-refractivity contribution in [1.82, 2.24) is 24.4 Å². The van der Waals surface area contributed by atoms with Crippen LogP contribution in [0.25, 0.3) is 5.65 Å². The van der Waals surface area contributed by atoms with Gasteiger partial charge in [-0.1, -0.05) is 20.8 Å². The van der Waals surface area contributed by atoms with E-state index in [-0.39, 0.29) is 17.0 Å². The van der Waals surface area contributed by atoms with Gasteiger partial charge in [0.2, 0.25) is 0 Å². The monoisotopic (exact) mass is 394 g/mol. The van der Waals surface area contributed by atoms with E-state index in [0.29, 0.717) is 16.7 Å². The Morgan fingerprint density at radius 2 is 1.89 bits per heavy atom. The van der Waals surface area contributed by atoms with Crippen LogP contribution in [0.4, 0.5) is 18.9 Å². The van der Waals surface area contributed by atoms with Crippen molar-refractivity contribution in [2.24, 2.45) is 0 Å². The van der Waals surface area contributed by atoms with Crippen LogP contribution in [-0.4, -0.2) is 30.3 Å². The Morgan fingerprint density at radius 3 is 2.43 bits per heavy atom. The van der Waals surface area contributed by atoms with Crippen molar-refractivity contribution in [2.45, 2.75) is 52.8 Å². The molecule has 0 spiro atoms. The highest BCUT2D eigenvalue weighted by Crippen LogP contribution is 2.32. The number of alkyl halides is 3. The molecule has 0 atom stereocenters. The number of aromatic nitrogens is 5. The molecular formula is C18H21F3N6O. The molecule has 0 aromatic carbocycles. The van der Waals surface area contributed by atoms with Gasteiger partial charge in [0.05, 0.1) is 23.3 Å². The summed E-state index contributed by atoms with van der Waals surface area (Å²) in [6.07, 6.45) is -3.15. The summed E-state index contributed by atoms with van der Waals surface area (Å²) in [5.41, 5.74) is -0.290. The minimum Gasteiger partial charge on any atom is -0.318 e. The van der Waals surface area contributed by atoms with Crippen LogP contribution < -0.4 is 5.32 Å². The third kappa shape index (κ3) is 3.58. The Kier molecular flexibility index (Phi) is 4.68. The molecule has 0 saturated carbocycles. The van der Waals surface area contributed by atoms with Crippen LogP contribution in [0.2, 0.25) is 0 Å². The van der Waals surface area contributed by atoms with Gasteiger partial charge in [-0.2, -0.15) is 23.4 Å². The largest absolute Gasteiger partial charge is 0.433 e. The summed E-state index contributed by atoms with van der Waals surface area (Å²) in [5, 5.41) is 10.6. The number of carbonyl (C=O) groups excluding carboxylic acids is 1. The smallest absolute Gasteiger partial charge is 0.318 e. The number of amides is 1. The van der Waals surface area contributed by atoms with Crippen LogP contribution in [0.3, 0.4) is 0 Å². The minimum atomic E-state index is -4.64. The van der Waals surface area contributed by atoms with Crippen molar-refractivity contribution in [3.63, 3.8) is 0 Å². The fourth-order valence-corrected chi connectivity index (χ4v) is 2.75. The molecule has 150 valence electrons. The maximum absolute atomic E-state index is 13.5. The van der Waals surface area contributed by atoms with Gasteiger partial charge in [0.1, 0.15) is 5.69 Å². The summed E-state index contributed by atoms with van der Waals surface area (Å²) >= 11 is 0. The molecule has 0 saturated heterocycles. The lowest BCUT2D eigenvalue weighted by atomic mass is 9.91. The van der Waals surface area contributed by atoms with Gasteiger partial charge < -0.3 is 5.32 Å². The number of carbonyl (C=O) groups is 1. The summed E-state index contributed by atoms with van der Waals surface area (Å²) in [5.74, 6) is -0.630. The van der Waals surface area contributed by atoms with Crippen LogP contribution >= 0.6 is 0 Å². The number of fused-ring (bicyclic) bond motifs is 1. The van der Waals surface area contributed by atoms with Gasteiger partial charge in [-0.05, 0) is 19.9 Å². The van der Waals surface area contributed by atoms with E-state index in [2.05, 4.69) is 20.5 Å². The van der Waals surface area contributed by atoms with Crippen LogP contribution in [0, 0.1) is 6.92 Å². The van der Waals surface area contributed by atoms with Crippen LogP contribution in [0.1, 0.15) is 55.3 Å². The van der Waals surface area contributed by atoms with Crippen molar-refractivity contribution in [2.75, 3.05) is 5.32 Å². The average Bonchev–Trinajstić information content (AvgIpc) is 3.16. The Morgan fingerprint density at radius 1 is 1.21 bits per heavy atom. The highest BCUT2D eigenvalue weighted by molar-refractivity contribution is 6.03. The lowest BCUT2D eigenvalue weighted by Crippen LogP contribution is -2.20. The molecule has 0 radical (unpaired) electrons. The molecule has 0 unspecified atom stereocenters. The van der Waals surface area contributed by atoms with Crippen LogP contribution in [0.5, 0.6) is 0 Å². The first kappa shape index (κ1) is 19.8. The molecule has 1 N–H and O–H groups in total. The van der Waals surface area contributed by atoms with Gasteiger partial charge in [-0.25, -0.2) is 9.50 Å². The number of hydrogen-bond donors (Lipinski definition) is 1. The van der Waals surface area contributed by atoms with Gasteiger partial charge in [0, 0.05) is 18.0 Å². The molecule has 3 rings (SSSR count). The van der Waals surface area contributed by atoms with E-state index in [1.165, 1.54) is 12.3 Å². The highest BCUT2D eigenvalue weighted by atomic mass is 19.4. The number of halogens is 3. The predicted octanol–water partition coefficient (Wildman–Crippen LogP) is 3.82. The van der Waals surface area contributed by atoms with Crippen molar-refractivity contribution in [3.8, 4) is 0 Å². The molecule has 0 fully saturated rings.